The maximum atomic E-state index is 13.5. The second-order valence-electron chi connectivity index (χ2n) is 4.17. The lowest BCUT2D eigenvalue weighted by atomic mass is 10.1. The van der Waals surface area contributed by atoms with Crippen LogP contribution in [-0.2, 0) is 0 Å². The van der Waals surface area contributed by atoms with Crippen molar-refractivity contribution in [2.75, 3.05) is 27.2 Å². The Labute approximate surface area is 102 Å². The minimum atomic E-state index is -0.457. The van der Waals surface area contributed by atoms with E-state index in [2.05, 4.69) is 5.32 Å². The van der Waals surface area contributed by atoms with E-state index in [1.807, 2.05) is 14.0 Å². The highest BCUT2D eigenvalue weighted by Crippen LogP contribution is 2.12. The third-order valence-electron chi connectivity index (χ3n) is 2.62. The third-order valence-corrected chi connectivity index (χ3v) is 2.62. The molecular weight excluding hydrogens is 219 g/mol. The highest BCUT2D eigenvalue weighted by atomic mass is 19.1. The Morgan fingerprint density at radius 1 is 1.47 bits per heavy atom. The number of aryl methyl sites for hydroxylation is 1. The molecule has 1 N–H and O–H groups in total. The van der Waals surface area contributed by atoms with E-state index in [4.69, 9.17) is 0 Å². The summed E-state index contributed by atoms with van der Waals surface area (Å²) in [5.74, 6) is -0.719. The molecule has 1 amide bonds. The quantitative estimate of drug-likeness (QED) is 0.794. The van der Waals surface area contributed by atoms with E-state index in [1.54, 1.807) is 24.1 Å². The van der Waals surface area contributed by atoms with Gasteiger partial charge in [-0.05, 0) is 39.1 Å². The molecule has 94 valence electrons. The molecule has 0 aliphatic carbocycles. The third kappa shape index (κ3) is 3.82. The smallest absolute Gasteiger partial charge is 0.256 e. The number of halogens is 1. The number of nitrogens with one attached hydrogen (secondary N) is 1. The van der Waals surface area contributed by atoms with Crippen LogP contribution in [-0.4, -0.2) is 38.0 Å². The molecule has 0 saturated carbocycles. The number of hydrogen-bond donors (Lipinski definition) is 1. The fourth-order valence-corrected chi connectivity index (χ4v) is 1.60. The van der Waals surface area contributed by atoms with Gasteiger partial charge in [-0.25, -0.2) is 4.39 Å². The van der Waals surface area contributed by atoms with Gasteiger partial charge in [-0.3, -0.25) is 4.79 Å². The summed E-state index contributed by atoms with van der Waals surface area (Å²) in [4.78, 5) is 13.5. The summed E-state index contributed by atoms with van der Waals surface area (Å²) in [6.07, 6.45) is 0.853. The first-order valence-corrected chi connectivity index (χ1v) is 5.72. The van der Waals surface area contributed by atoms with Gasteiger partial charge >= 0.3 is 0 Å². The van der Waals surface area contributed by atoms with Crippen LogP contribution in [0.1, 0.15) is 22.3 Å². The summed E-state index contributed by atoms with van der Waals surface area (Å²) in [6.45, 7) is 3.30. The van der Waals surface area contributed by atoms with Crippen molar-refractivity contribution in [2.45, 2.75) is 13.3 Å². The van der Waals surface area contributed by atoms with Crippen LogP contribution in [0.25, 0.3) is 0 Å². The molecule has 0 saturated heterocycles. The maximum absolute atomic E-state index is 13.5. The molecular formula is C13H19FN2O. The zero-order valence-corrected chi connectivity index (χ0v) is 10.6. The largest absolute Gasteiger partial charge is 0.342 e. The summed E-state index contributed by atoms with van der Waals surface area (Å²) < 4.78 is 13.5. The van der Waals surface area contributed by atoms with E-state index in [0.717, 1.165) is 18.5 Å². The minimum absolute atomic E-state index is 0.150. The zero-order chi connectivity index (χ0) is 12.8. The van der Waals surface area contributed by atoms with Crippen LogP contribution in [0.3, 0.4) is 0 Å². The molecule has 0 radical (unpaired) electrons. The molecule has 0 bridgehead atoms. The van der Waals surface area contributed by atoms with Crippen LogP contribution in [0.4, 0.5) is 4.39 Å². The molecule has 1 aromatic carbocycles. The van der Waals surface area contributed by atoms with Gasteiger partial charge in [0.1, 0.15) is 5.82 Å². The van der Waals surface area contributed by atoms with Gasteiger partial charge in [0.25, 0.3) is 5.91 Å². The van der Waals surface area contributed by atoms with Crippen LogP contribution in [0, 0.1) is 12.7 Å². The lowest BCUT2D eigenvalue weighted by molar-refractivity contribution is 0.0789. The Hall–Kier alpha value is -1.42. The standard InChI is InChI=1S/C13H19FN2O/c1-10-5-6-12(14)11(9-10)13(17)16(3)8-4-7-15-2/h5-6,9,15H,4,7-8H2,1-3H3. The fourth-order valence-electron chi connectivity index (χ4n) is 1.60. The van der Waals surface area contributed by atoms with Crippen molar-refractivity contribution in [3.05, 3.63) is 35.1 Å². The highest BCUT2D eigenvalue weighted by Gasteiger charge is 2.15. The monoisotopic (exact) mass is 238 g/mol. The first-order chi connectivity index (χ1) is 8.06. The van der Waals surface area contributed by atoms with E-state index in [9.17, 15) is 9.18 Å². The molecule has 1 rings (SSSR count). The molecule has 0 aliphatic heterocycles. The normalized spacial score (nSPS) is 10.4. The highest BCUT2D eigenvalue weighted by molar-refractivity contribution is 5.94. The van der Waals surface area contributed by atoms with Crippen LogP contribution >= 0.6 is 0 Å². The summed E-state index contributed by atoms with van der Waals surface area (Å²) in [5.41, 5.74) is 1.04. The predicted molar refractivity (Wildman–Crippen MR) is 66.6 cm³/mol. The van der Waals surface area contributed by atoms with Crippen molar-refractivity contribution in [3.8, 4) is 0 Å². The molecule has 0 atom stereocenters. The van der Waals surface area contributed by atoms with Gasteiger partial charge in [0.2, 0.25) is 0 Å². The molecule has 0 aromatic heterocycles. The van der Waals surface area contributed by atoms with Crippen LogP contribution in [0.5, 0.6) is 0 Å². The molecule has 3 nitrogen and oxygen atoms in total. The number of nitrogens with zero attached hydrogens (tertiary/aromatic N) is 1. The van der Waals surface area contributed by atoms with Crippen molar-refractivity contribution in [1.29, 1.82) is 0 Å². The summed E-state index contributed by atoms with van der Waals surface area (Å²) in [5, 5.41) is 3.01. The molecule has 0 unspecified atom stereocenters. The van der Waals surface area contributed by atoms with E-state index in [0.29, 0.717) is 6.54 Å². The average Bonchev–Trinajstić information content (AvgIpc) is 2.31. The first-order valence-electron chi connectivity index (χ1n) is 5.72. The SMILES string of the molecule is CNCCCN(C)C(=O)c1cc(C)ccc1F. The molecule has 0 fully saturated rings. The van der Waals surface area contributed by atoms with E-state index >= 15 is 0 Å². The second-order valence-corrected chi connectivity index (χ2v) is 4.17. The van der Waals surface area contributed by atoms with Gasteiger partial charge in [0.15, 0.2) is 0 Å². The predicted octanol–water partition coefficient (Wildman–Crippen LogP) is 1.82. The summed E-state index contributed by atoms with van der Waals surface area (Å²) >= 11 is 0. The van der Waals surface area contributed by atoms with Crippen LogP contribution in [0.15, 0.2) is 18.2 Å². The topological polar surface area (TPSA) is 32.3 Å². The Balaban J connectivity index is 2.71. The number of amides is 1. The van der Waals surface area contributed by atoms with Gasteiger partial charge in [-0.15, -0.1) is 0 Å². The Bertz CT molecular complexity index is 393. The number of carbonyl (C=O) groups is 1. The lowest BCUT2D eigenvalue weighted by Gasteiger charge is -2.17. The Kier molecular flexibility index (Phi) is 5.10. The molecule has 0 heterocycles. The van der Waals surface area contributed by atoms with Gasteiger partial charge < -0.3 is 10.2 Å². The van der Waals surface area contributed by atoms with Crippen molar-refractivity contribution < 1.29 is 9.18 Å². The van der Waals surface area contributed by atoms with Gasteiger partial charge in [0, 0.05) is 13.6 Å². The van der Waals surface area contributed by atoms with E-state index in [-0.39, 0.29) is 11.5 Å². The van der Waals surface area contributed by atoms with Gasteiger partial charge in [0.05, 0.1) is 5.56 Å². The van der Waals surface area contributed by atoms with E-state index < -0.39 is 5.82 Å². The Morgan fingerprint density at radius 2 is 2.18 bits per heavy atom. The fraction of sp³-hybridized carbons (Fsp3) is 0.462. The van der Waals surface area contributed by atoms with Crippen LogP contribution < -0.4 is 5.32 Å². The Morgan fingerprint density at radius 3 is 2.82 bits per heavy atom. The number of carbonyl (C=O) groups excluding carboxylic acids is 1. The van der Waals surface area contributed by atoms with Crippen molar-refractivity contribution in [3.63, 3.8) is 0 Å². The zero-order valence-electron chi connectivity index (χ0n) is 10.6. The molecule has 1 aromatic rings. The number of benzene rings is 1. The van der Waals surface area contributed by atoms with Crippen molar-refractivity contribution >= 4 is 5.91 Å². The minimum Gasteiger partial charge on any atom is -0.342 e. The maximum Gasteiger partial charge on any atom is 0.256 e. The van der Waals surface area contributed by atoms with Crippen molar-refractivity contribution in [2.24, 2.45) is 0 Å². The van der Waals surface area contributed by atoms with Crippen molar-refractivity contribution in [1.82, 2.24) is 10.2 Å². The van der Waals surface area contributed by atoms with Crippen LogP contribution in [0.2, 0.25) is 0 Å². The molecule has 0 aliphatic rings. The lowest BCUT2D eigenvalue weighted by Crippen LogP contribution is -2.30. The number of hydrogen-bond acceptors (Lipinski definition) is 2. The molecule has 0 spiro atoms. The number of rotatable bonds is 5. The first kappa shape index (κ1) is 13.6. The summed E-state index contributed by atoms with van der Waals surface area (Å²) in [6, 6.07) is 4.59. The molecule has 4 heteroatoms. The second kappa shape index (κ2) is 6.35. The average molecular weight is 238 g/mol. The van der Waals surface area contributed by atoms with Gasteiger partial charge in [-0.2, -0.15) is 0 Å². The van der Waals surface area contributed by atoms with E-state index in [1.165, 1.54) is 6.07 Å². The molecule has 17 heavy (non-hydrogen) atoms. The summed E-state index contributed by atoms with van der Waals surface area (Å²) in [7, 11) is 3.56. The van der Waals surface area contributed by atoms with Gasteiger partial charge in [-0.1, -0.05) is 11.6 Å².